The average Bonchev–Trinajstić information content (AvgIpc) is 3.03. The van der Waals surface area contributed by atoms with Gasteiger partial charge in [0.2, 0.25) is 6.08 Å². The molecule has 0 aromatic rings. The van der Waals surface area contributed by atoms with Crippen LogP contribution in [-0.2, 0) is 19.0 Å². The Bertz CT molecular complexity index is 298. The lowest BCUT2D eigenvalue weighted by atomic mass is 10.1. The summed E-state index contributed by atoms with van der Waals surface area (Å²) < 4.78 is 16.0. The minimum atomic E-state index is 0.119. The van der Waals surface area contributed by atoms with Crippen LogP contribution in [-0.4, -0.2) is 49.8 Å². The predicted octanol–water partition coefficient (Wildman–Crippen LogP) is 0.0360. The van der Waals surface area contributed by atoms with E-state index in [9.17, 15) is 4.79 Å². The van der Waals surface area contributed by atoms with Crippen molar-refractivity contribution in [3.05, 3.63) is 0 Å². The summed E-state index contributed by atoms with van der Waals surface area (Å²) in [5.41, 5.74) is 0. The minimum Gasteiger partial charge on any atom is -0.373 e. The monoisotopic (exact) mass is 211 g/mol. The zero-order valence-electron chi connectivity index (χ0n) is 8.30. The maximum absolute atomic E-state index is 9.87. The van der Waals surface area contributed by atoms with Crippen molar-refractivity contribution >= 4 is 6.08 Å². The molecule has 3 aliphatic heterocycles. The Morgan fingerprint density at radius 1 is 1.13 bits per heavy atom. The predicted molar refractivity (Wildman–Crippen MR) is 49.3 cm³/mol. The van der Waals surface area contributed by atoms with Gasteiger partial charge < -0.3 is 14.2 Å². The van der Waals surface area contributed by atoms with E-state index >= 15 is 0 Å². The molecule has 0 saturated carbocycles. The molecule has 0 aliphatic carbocycles. The van der Waals surface area contributed by atoms with Gasteiger partial charge in [-0.2, -0.15) is 0 Å². The molecule has 0 bridgehead atoms. The van der Waals surface area contributed by atoms with Crippen molar-refractivity contribution in [2.75, 3.05) is 13.2 Å². The molecule has 0 amide bonds. The minimum absolute atomic E-state index is 0.119. The molecule has 3 saturated heterocycles. The van der Waals surface area contributed by atoms with Crippen LogP contribution in [0.15, 0.2) is 4.99 Å². The van der Waals surface area contributed by atoms with E-state index in [-0.39, 0.29) is 12.2 Å². The third-order valence-corrected chi connectivity index (χ3v) is 3.07. The van der Waals surface area contributed by atoms with E-state index in [1.807, 2.05) is 0 Å². The van der Waals surface area contributed by atoms with Gasteiger partial charge in [0.1, 0.15) is 6.10 Å². The van der Waals surface area contributed by atoms with Crippen LogP contribution in [0, 0.1) is 0 Å². The molecule has 3 aliphatic rings. The maximum Gasteiger partial charge on any atom is 0.235 e. The van der Waals surface area contributed by atoms with E-state index in [1.54, 1.807) is 0 Å². The largest absolute Gasteiger partial charge is 0.373 e. The lowest BCUT2D eigenvalue weighted by Gasteiger charge is -1.89. The number of nitrogens with zero attached hydrogens (tertiary/aromatic N) is 1. The second-order valence-corrected chi connectivity index (χ2v) is 4.28. The fourth-order valence-corrected chi connectivity index (χ4v) is 1.96. The first-order chi connectivity index (χ1) is 7.36. The number of isocyanates is 1. The van der Waals surface area contributed by atoms with E-state index in [1.165, 1.54) is 6.08 Å². The normalized spacial score (nSPS) is 45.7. The number of carbonyl (C=O) groups excluding carboxylic acids is 1. The maximum atomic E-state index is 9.87. The Kier molecular flexibility index (Phi) is 2.33. The second kappa shape index (κ2) is 3.68. The Hall–Kier alpha value is -0.740. The van der Waals surface area contributed by atoms with E-state index in [4.69, 9.17) is 14.2 Å². The van der Waals surface area contributed by atoms with Gasteiger partial charge in [-0.3, -0.25) is 0 Å². The summed E-state index contributed by atoms with van der Waals surface area (Å²) in [6.45, 7) is 1.33. The summed E-state index contributed by atoms with van der Waals surface area (Å²) in [5.74, 6) is 0. The van der Waals surface area contributed by atoms with Crippen LogP contribution in [0.25, 0.3) is 0 Å². The molecule has 0 aromatic carbocycles. The van der Waals surface area contributed by atoms with Crippen molar-refractivity contribution in [2.45, 2.75) is 43.4 Å². The summed E-state index contributed by atoms with van der Waals surface area (Å²) in [6, 6.07) is 0. The van der Waals surface area contributed by atoms with Crippen molar-refractivity contribution in [3.63, 3.8) is 0 Å². The molecule has 0 aromatic heterocycles. The van der Waals surface area contributed by atoms with Gasteiger partial charge >= 0.3 is 0 Å². The molecule has 5 nitrogen and oxygen atoms in total. The van der Waals surface area contributed by atoms with E-state index in [0.717, 1.165) is 19.4 Å². The molecular formula is C10H13NO4. The van der Waals surface area contributed by atoms with Gasteiger partial charge in [-0.25, -0.2) is 9.79 Å². The van der Waals surface area contributed by atoms with E-state index in [2.05, 4.69) is 4.99 Å². The molecule has 0 radical (unpaired) electrons. The molecule has 15 heavy (non-hydrogen) atoms. The summed E-state index contributed by atoms with van der Waals surface area (Å²) in [6.07, 6.45) is 4.97. The van der Waals surface area contributed by atoms with Crippen LogP contribution in [0.4, 0.5) is 0 Å². The van der Waals surface area contributed by atoms with Crippen LogP contribution < -0.4 is 0 Å². The van der Waals surface area contributed by atoms with Crippen molar-refractivity contribution in [1.82, 2.24) is 0 Å². The zero-order valence-corrected chi connectivity index (χ0v) is 8.30. The van der Waals surface area contributed by atoms with Crippen molar-refractivity contribution in [2.24, 2.45) is 4.99 Å². The summed E-state index contributed by atoms with van der Waals surface area (Å²) in [7, 11) is 0. The SMILES string of the molecule is O=C=NCC1OC1CC1OC1CC1CO1. The van der Waals surface area contributed by atoms with Gasteiger partial charge in [-0.05, 0) is 0 Å². The van der Waals surface area contributed by atoms with Crippen molar-refractivity contribution in [1.29, 1.82) is 0 Å². The molecular weight excluding hydrogens is 198 g/mol. The first kappa shape index (κ1) is 9.48. The fraction of sp³-hybridized carbons (Fsp3) is 0.900. The molecule has 3 heterocycles. The molecule has 0 spiro atoms. The van der Waals surface area contributed by atoms with Gasteiger partial charge in [0.05, 0.1) is 37.6 Å². The number of aliphatic imine (C=N–C) groups is 1. The summed E-state index contributed by atoms with van der Waals surface area (Å²) in [4.78, 5) is 13.4. The van der Waals surface area contributed by atoms with Gasteiger partial charge in [0.15, 0.2) is 0 Å². The topological polar surface area (TPSA) is 67.0 Å². The second-order valence-electron chi connectivity index (χ2n) is 4.28. The highest BCUT2D eigenvalue weighted by molar-refractivity contribution is 5.33. The summed E-state index contributed by atoms with van der Waals surface area (Å²) in [5, 5.41) is 0. The standard InChI is InChI=1S/C10H13NO4/c12-5-11-3-10-9(15-10)2-8-7(14-8)1-6-4-13-6/h6-10H,1-4H2. The Morgan fingerprint density at radius 3 is 2.53 bits per heavy atom. The first-order valence-electron chi connectivity index (χ1n) is 5.33. The molecule has 3 fully saturated rings. The van der Waals surface area contributed by atoms with Crippen LogP contribution >= 0.6 is 0 Å². The number of epoxide rings is 3. The Morgan fingerprint density at radius 2 is 1.80 bits per heavy atom. The molecule has 0 N–H and O–H groups in total. The Labute approximate surface area is 87.4 Å². The average molecular weight is 211 g/mol. The number of hydrogen-bond acceptors (Lipinski definition) is 5. The van der Waals surface area contributed by atoms with Crippen LogP contribution in [0.3, 0.4) is 0 Å². The molecule has 5 heteroatoms. The van der Waals surface area contributed by atoms with Gasteiger partial charge in [-0.1, -0.05) is 0 Å². The van der Waals surface area contributed by atoms with Crippen molar-refractivity contribution in [3.8, 4) is 0 Å². The molecule has 5 atom stereocenters. The van der Waals surface area contributed by atoms with Gasteiger partial charge in [0, 0.05) is 12.8 Å². The van der Waals surface area contributed by atoms with E-state index in [0.29, 0.717) is 24.9 Å². The fourth-order valence-electron chi connectivity index (χ4n) is 1.96. The smallest absolute Gasteiger partial charge is 0.235 e. The Balaban J connectivity index is 1.32. The van der Waals surface area contributed by atoms with Crippen molar-refractivity contribution < 1.29 is 19.0 Å². The quantitative estimate of drug-likeness (QED) is 0.353. The number of ether oxygens (including phenoxy) is 3. The lowest BCUT2D eigenvalue weighted by Crippen LogP contribution is -2.05. The third-order valence-electron chi connectivity index (χ3n) is 3.07. The number of rotatable bonds is 6. The molecule has 5 unspecified atom stereocenters. The summed E-state index contributed by atoms with van der Waals surface area (Å²) >= 11 is 0. The zero-order chi connectivity index (χ0) is 10.3. The highest BCUT2D eigenvalue weighted by Crippen LogP contribution is 2.38. The molecule has 82 valence electrons. The van der Waals surface area contributed by atoms with Crippen LogP contribution in [0.2, 0.25) is 0 Å². The molecule has 3 rings (SSSR count). The number of hydrogen-bond donors (Lipinski definition) is 0. The van der Waals surface area contributed by atoms with Crippen LogP contribution in [0.5, 0.6) is 0 Å². The highest BCUT2D eigenvalue weighted by atomic mass is 16.6. The van der Waals surface area contributed by atoms with Crippen LogP contribution in [0.1, 0.15) is 12.8 Å². The highest BCUT2D eigenvalue weighted by Gasteiger charge is 2.49. The van der Waals surface area contributed by atoms with E-state index < -0.39 is 0 Å². The first-order valence-corrected chi connectivity index (χ1v) is 5.33. The lowest BCUT2D eigenvalue weighted by molar-refractivity contribution is 0.313. The third kappa shape index (κ3) is 2.44. The van der Waals surface area contributed by atoms with Gasteiger partial charge in [-0.15, -0.1) is 0 Å². The van der Waals surface area contributed by atoms with Gasteiger partial charge in [0.25, 0.3) is 0 Å².